The van der Waals surface area contributed by atoms with Crippen LogP contribution in [0.5, 0.6) is 0 Å². The van der Waals surface area contributed by atoms with Crippen molar-refractivity contribution in [3.05, 3.63) is 17.5 Å². The van der Waals surface area contributed by atoms with Crippen molar-refractivity contribution in [3.63, 3.8) is 0 Å². The Morgan fingerprint density at radius 1 is 1.25 bits per heavy atom. The molecule has 3 rings (SSSR count). The smallest absolute Gasteiger partial charge is 0.183 e. The van der Waals surface area contributed by atoms with E-state index < -0.39 is 14.6 Å². The van der Waals surface area contributed by atoms with Crippen molar-refractivity contribution in [2.75, 3.05) is 19.0 Å². The Kier molecular flexibility index (Phi) is 6.14. The lowest BCUT2D eigenvalue weighted by Crippen LogP contribution is -2.43. The highest BCUT2D eigenvalue weighted by atomic mass is 32.2. The van der Waals surface area contributed by atoms with E-state index in [4.69, 9.17) is 9.26 Å². The van der Waals surface area contributed by atoms with Crippen LogP contribution >= 0.6 is 0 Å². The molecular weight excluding hydrogens is 382 g/mol. The molecule has 1 saturated heterocycles. The Bertz CT molecular complexity index is 892. The van der Waals surface area contributed by atoms with Gasteiger partial charge in [-0.05, 0) is 46.0 Å². The maximum Gasteiger partial charge on any atom is 0.183 e. The molecule has 1 fully saturated rings. The molecule has 0 saturated carbocycles. The molecule has 0 N–H and O–H groups in total. The number of sulfone groups is 1. The van der Waals surface area contributed by atoms with Gasteiger partial charge in [-0.15, -0.1) is 0 Å². The Morgan fingerprint density at radius 2 is 1.96 bits per heavy atom. The van der Waals surface area contributed by atoms with E-state index in [2.05, 4.69) is 15.4 Å². The van der Waals surface area contributed by atoms with Gasteiger partial charge in [0.25, 0.3) is 0 Å². The molecule has 0 bridgehead atoms. The number of carbonyl (C=O) groups is 1. The maximum absolute atomic E-state index is 12.9. The van der Waals surface area contributed by atoms with E-state index in [-0.39, 0.29) is 18.0 Å². The summed E-state index contributed by atoms with van der Waals surface area (Å²) in [6.07, 6.45) is 2.65. The quantitative estimate of drug-likeness (QED) is 0.652. The molecule has 0 spiro atoms. The molecule has 0 unspecified atom stereocenters. The Morgan fingerprint density at radius 3 is 2.61 bits per heavy atom. The number of hydrogen-bond donors (Lipinski definition) is 0. The normalized spacial score (nSPS) is 18.8. The summed E-state index contributed by atoms with van der Waals surface area (Å²) >= 11 is 0. The number of aryl methyl sites for hydroxylation is 1. The van der Waals surface area contributed by atoms with Crippen LogP contribution in [-0.2, 0) is 19.4 Å². The van der Waals surface area contributed by atoms with Crippen LogP contribution in [0.15, 0.2) is 20.8 Å². The van der Waals surface area contributed by atoms with Gasteiger partial charge in [0.1, 0.15) is 10.5 Å². The summed E-state index contributed by atoms with van der Waals surface area (Å²) in [6, 6.07) is 1.75. The first-order chi connectivity index (χ1) is 13.2. The van der Waals surface area contributed by atoms with Crippen molar-refractivity contribution < 1.29 is 22.5 Å². The summed E-state index contributed by atoms with van der Waals surface area (Å²) in [7, 11) is -3.57. The first-order valence-corrected chi connectivity index (χ1v) is 11.2. The first kappa shape index (κ1) is 20.9. The van der Waals surface area contributed by atoms with Crippen LogP contribution in [-0.4, -0.2) is 54.5 Å². The average molecular weight is 410 g/mol. The van der Waals surface area contributed by atoms with Crippen molar-refractivity contribution in [2.45, 2.75) is 57.6 Å². The Balaban J connectivity index is 1.56. The molecule has 9 heteroatoms. The van der Waals surface area contributed by atoms with Crippen molar-refractivity contribution in [2.24, 2.45) is 16.1 Å². The molecule has 2 aliphatic rings. The summed E-state index contributed by atoms with van der Waals surface area (Å²) in [5.74, 6) is 0.521. The van der Waals surface area contributed by atoms with Gasteiger partial charge in [-0.1, -0.05) is 5.16 Å². The largest absolute Gasteiger partial charge is 0.381 e. The highest BCUT2D eigenvalue weighted by Crippen LogP contribution is 2.26. The third-order valence-electron chi connectivity index (χ3n) is 5.55. The van der Waals surface area contributed by atoms with Gasteiger partial charge in [-0.3, -0.25) is 4.79 Å². The van der Waals surface area contributed by atoms with Crippen LogP contribution < -0.4 is 0 Å². The molecule has 0 radical (unpaired) electrons. The minimum atomic E-state index is -3.57. The minimum Gasteiger partial charge on any atom is -0.381 e. The third-order valence-corrected chi connectivity index (χ3v) is 8.10. The lowest BCUT2D eigenvalue weighted by molar-refractivity contribution is -0.119. The van der Waals surface area contributed by atoms with Crippen molar-refractivity contribution >= 4 is 27.0 Å². The molecule has 1 aromatic heterocycles. The number of carbonyl (C=O) groups excluding carboxylic acids is 1. The molecule has 8 nitrogen and oxygen atoms in total. The number of ketones is 1. The fourth-order valence-electron chi connectivity index (χ4n) is 3.31. The van der Waals surface area contributed by atoms with Crippen molar-refractivity contribution in [1.29, 1.82) is 0 Å². The molecule has 2 aliphatic heterocycles. The van der Waals surface area contributed by atoms with Gasteiger partial charge in [-0.25, -0.2) is 8.42 Å². The monoisotopic (exact) mass is 409 g/mol. The first-order valence-electron chi connectivity index (χ1n) is 9.58. The SMILES string of the molecule is Cc1cc(C2=NN=C(CC(=O)C(C)(C)S(=O)(=O)CCC3CCOCC3)C2)on1. The van der Waals surface area contributed by atoms with Gasteiger partial charge in [0.15, 0.2) is 21.4 Å². The fraction of sp³-hybridized carbons (Fsp3) is 0.684. The van der Waals surface area contributed by atoms with E-state index in [1.807, 2.05) is 6.92 Å². The minimum absolute atomic E-state index is 0.0158. The van der Waals surface area contributed by atoms with Crippen LogP contribution in [0.3, 0.4) is 0 Å². The maximum atomic E-state index is 12.9. The van der Waals surface area contributed by atoms with Gasteiger partial charge in [0.2, 0.25) is 0 Å². The number of rotatable bonds is 8. The topological polar surface area (TPSA) is 111 Å². The van der Waals surface area contributed by atoms with Crippen molar-refractivity contribution in [1.82, 2.24) is 5.16 Å². The molecular formula is C19H27N3O5S. The predicted molar refractivity (Wildman–Crippen MR) is 105 cm³/mol. The number of hydrogen-bond acceptors (Lipinski definition) is 8. The molecule has 0 aromatic carbocycles. The van der Waals surface area contributed by atoms with E-state index in [9.17, 15) is 13.2 Å². The van der Waals surface area contributed by atoms with Gasteiger partial charge < -0.3 is 9.26 Å². The second kappa shape index (κ2) is 8.24. The predicted octanol–water partition coefficient (Wildman–Crippen LogP) is 2.50. The van der Waals surface area contributed by atoms with E-state index in [1.165, 1.54) is 13.8 Å². The van der Waals surface area contributed by atoms with Crippen molar-refractivity contribution in [3.8, 4) is 0 Å². The summed E-state index contributed by atoms with van der Waals surface area (Å²) in [6.45, 7) is 6.15. The zero-order valence-corrected chi connectivity index (χ0v) is 17.4. The number of Topliss-reactive ketones (excluding diaryl/α,β-unsaturated/α-hetero) is 1. The van der Waals surface area contributed by atoms with E-state index in [1.54, 1.807) is 6.07 Å². The molecule has 28 heavy (non-hydrogen) atoms. The number of aromatic nitrogens is 1. The molecule has 0 amide bonds. The lowest BCUT2D eigenvalue weighted by Gasteiger charge is -2.26. The van der Waals surface area contributed by atoms with Crippen LogP contribution in [0.1, 0.15) is 57.4 Å². The summed E-state index contributed by atoms with van der Waals surface area (Å²) < 4.78 is 34.7. The summed E-state index contributed by atoms with van der Waals surface area (Å²) in [5, 5.41) is 11.9. The Hall–Kier alpha value is -1.87. The van der Waals surface area contributed by atoms with Crippen LogP contribution in [0.2, 0.25) is 0 Å². The fourth-order valence-corrected chi connectivity index (χ4v) is 4.89. The van der Waals surface area contributed by atoms with Gasteiger partial charge >= 0.3 is 0 Å². The van der Waals surface area contributed by atoms with E-state index >= 15 is 0 Å². The number of nitrogens with zero attached hydrogens (tertiary/aromatic N) is 3. The highest BCUT2D eigenvalue weighted by molar-refractivity contribution is 7.93. The lowest BCUT2D eigenvalue weighted by atomic mass is 9.98. The molecule has 0 aliphatic carbocycles. The average Bonchev–Trinajstić information content (AvgIpc) is 3.29. The van der Waals surface area contributed by atoms with Crippen LogP contribution in [0.4, 0.5) is 0 Å². The second-order valence-corrected chi connectivity index (χ2v) is 10.7. The molecule has 0 atom stereocenters. The van der Waals surface area contributed by atoms with E-state index in [0.29, 0.717) is 49.2 Å². The number of ether oxygens (including phenoxy) is 1. The summed E-state index contributed by atoms with van der Waals surface area (Å²) in [5.41, 5.74) is 1.88. The second-order valence-electron chi connectivity index (χ2n) is 8.00. The standard InChI is InChI=1S/C19H27N3O5S/c1-13-10-17(27-22-13)16-11-15(20-21-16)12-18(23)19(2,3)28(24,25)9-6-14-4-7-26-8-5-14/h10,14H,4-9,11-12H2,1-3H3. The molecule has 1 aromatic rings. The third kappa shape index (κ3) is 4.57. The van der Waals surface area contributed by atoms with Gasteiger partial charge in [-0.2, -0.15) is 10.2 Å². The highest BCUT2D eigenvalue weighted by Gasteiger charge is 2.41. The van der Waals surface area contributed by atoms with Crippen LogP contribution in [0.25, 0.3) is 0 Å². The van der Waals surface area contributed by atoms with Gasteiger partial charge in [0.05, 0.1) is 17.2 Å². The zero-order valence-electron chi connectivity index (χ0n) is 16.6. The molecule has 154 valence electrons. The van der Waals surface area contributed by atoms with Gasteiger partial charge in [0, 0.05) is 32.1 Å². The Labute approximate surface area is 165 Å². The molecule has 3 heterocycles. The summed E-state index contributed by atoms with van der Waals surface area (Å²) in [4.78, 5) is 12.8. The van der Waals surface area contributed by atoms with E-state index in [0.717, 1.165) is 18.5 Å². The van der Waals surface area contributed by atoms with Crippen LogP contribution in [0, 0.1) is 12.8 Å². The zero-order chi connectivity index (χ0) is 20.4.